The number of carbonyl (C=O) groups excluding carboxylic acids is 1. The average molecular weight is 252 g/mol. The van der Waals surface area contributed by atoms with Crippen molar-refractivity contribution in [2.24, 2.45) is 0 Å². The highest BCUT2D eigenvalue weighted by Crippen LogP contribution is 2.11. The number of nitrogens with one attached hydrogen (secondary N) is 1. The van der Waals surface area contributed by atoms with Crippen LogP contribution in [0.4, 0.5) is 5.82 Å². The summed E-state index contributed by atoms with van der Waals surface area (Å²) in [5, 5.41) is 3.15. The summed E-state index contributed by atoms with van der Waals surface area (Å²) in [6.45, 7) is 6.73. The Bertz CT molecular complexity index is 388. The number of hydrogen-bond donors (Lipinski definition) is 1. The molecule has 0 spiro atoms. The van der Waals surface area contributed by atoms with Gasteiger partial charge in [-0.05, 0) is 32.9 Å². The lowest BCUT2D eigenvalue weighted by Crippen LogP contribution is -2.32. The Morgan fingerprint density at radius 2 is 2.17 bits per heavy atom. The van der Waals surface area contributed by atoms with Crippen molar-refractivity contribution in [1.29, 1.82) is 0 Å². The smallest absolute Gasteiger partial charge is 0.339 e. The molecule has 0 aliphatic heterocycles. The number of anilines is 1. The van der Waals surface area contributed by atoms with Gasteiger partial charge in [0.15, 0.2) is 0 Å². The number of carbonyl (C=O) groups is 1. The van der Waals surface area contributed by atoms with Crippen LogP contribution in [0.1, 0.15) is 31.1 Å². The van der Waals surface area contributed by atoms with Crippen LogP contribution in [0.15, 0.2) is 18.3 Å². The van der Waals surface area contributed by atoms with E-state index in [1.54, 1.807) is 26.2 Å². The molecule has 0 unspecified atom stereocenters. The Balaban J connectivity index is 2.58. The molecule has 18 heavy (non-hydrogen) atoms. The molecule has 0 saturated heterocycles. The van der Waals surface area contributed by atoms with Crippen LogP contribution in [0.5, 0.6) is 0 Å². The van der Waals surface area contributed by atoms with Crippen molar-refractivity contribution in [2.75, 3.05) is 25.6 Å². The number of rotatable bonds is 6. The highest BCUT2D eigenvalue weighted by molar-refractivity contribution is 5.89. The van der Waals surface area contributed by atoms with Gasteiger partial charge >= 0.3 is 5.97 Å². The van der Waals surface area contributed by atoms with Crippen molar-refractivity contribution in [3.05, 3.63) is 23.9 Å². The molecule has 0 atom stereocenters. The van der Waals surface area contributed by atoms with Gasteiger partial charge in [-0.1, -0.05) is 0 Å². The minimum atomic E-state index is -0.353. The van der Waals surface area contributed by atoms with Crippen molar-refractivity contribution >= 4 is 11.8 Å². The van der Waals surface area contributed by atoms with E-state index in [4.69, 9.17) is 9.47 Å². The van der Waals surface area contributed by atoms with E-state index in [-0.39, 0.29) is 11.6 Å². The van der Waals surface area contributed by atoms with Gasteiger partial charge in [-0.3, -0.25) is 0 Å². The number of nitrogens with zero attached hydrogens (tertiary/aromatic N) is 1. The minimum Gasteiger partial charge on any atom is -0.462 e. The second-order valence-corrected chi connectivity index (χ2v) is 4.47. The standard InChI is InChI=1S/C13H20N2O3/c1-5-18-12(16)10-6-7-11(14-8-10)15-9-13(2,3)17-4/h6-8H,5,9H2,1-4H3,(H,14,15). The van der Waals surface area contributed by atoms with E-state index in [0.29, 0.717) is 24.5 Å². The normalized spacial score (nSPS) is 11.1. The van der Waals surface area contributed by atoms with Crippen LogP contribution in [0.2, 0.25) is 0 Å². The van der Waals surface area contributed by atoms with Gasteiger partial charge in [-0.15, -0.1) is 0 Å². The van der Waals surface area contributed by atoms with Crippen molar-refractivity contribution in [3.63, 3.8) is 0 Å². The Labute approximate surface area is 108 Å². The number of ether oxygens (including phenoxy) is 2. The molecule has 0 aromatic carbocycles. The van der Waals surface area contributed by atoms with Crippen molar-refractivity contribution in [3.8, 4) is 0 Å². The van der Waals surface area contributed by atoms with E-state index in [9.17, 15) is 4.79 Å². The lowest BCUT2D eigenvalue weighted by molar-refractivity contribution is 0.0343. The first-order valence-corrected chi connectivity index (χ1v) is 5.90. The van der Waals surface area contributed by atoms with E-state index < -0.39 is 0 Å². The minimum absolute atomic E-state index is 0.262. The predicted molar refractivity (Wildman–Crippen MR) is 69.8 cm³/mol. The molecule has 100 valence electrons. The first-order valence-electron chi connectivity index (χ1n) is 5.90. The van der Waals surface area contributed by atoms with Crippen molar-refractivity contribution < 1.29 is 14.3 Å². The Hall–Kier alpha value is -1.62. The van der Waals surface area contributed by atoms with E-state index >= 15 is 0 Å². The van der Waals surface area contributed by atoms with Crippen molar-refractivity contribution in [1.82, 2.24) is 4.98 Å². The van der Waals surface area contributed by atoms with E-state index in [2.05, 4.69) is 10.3 Å². The lowest BCUT2D eigenvalue weighted by atomic mass is 10.1. The summed E-state index contributed by atoms with van der Waals surface area (Å²) in [6, 6.07) is 3.44. The van der Waals surface area contributed by atoms with Crippen LogP contribution in [-0.4, -0.2) is 36.8 Å². The zero-order valence-electron chi connectivity index (χ0n) is 11.3. The molecule has 1 heterocycles. The van der Waals surface area contributed by atoms with Gasteiger partial charge in [0.1, 0.15) is 5.82 Å². The molecule has 0 radical (unpaired) electrons. The molecule has 0 saturated carbocycles. The number of methoxy groups -OCH3 is 1. The maximum atomic E-state index is 11.4. The van der Waals surface area contributed by atoms with Crippen LogP contribution in [0.25, 0.3) is 0 Å². The molecule has 5 heteroatoms. The molecule has 0 amide bonds. The summed E-state index contributed by atoms with van der Waals surface area (Å²) < 4.78 is 10.2. The van der Waals surface area contributed by atoms with Gasteiger partial charge < -0.3 is 14.8 Å². The van der Waals surface area contributed by atoms with Gasteiger partial charge in [0.05, 0.1) is 17.8 Å². The second kappa shape index (κ2) is 6.35. The second-order valence-electron chi connectivity index (χ2n) is 4.47. The zero-order valence-corrected chi connectivity index (χ0v) is 11.3. The molecule has 1 rings (SSSR count). The highest BCUT2D eigenvalue weighted by Gasteiger charge is 2.16. The topological polar surface area (TPSA) is 60.5 Å². The maximum Gasteiger partial charge on any atom is 0.339 e. The summed E-state index contributed by atoms with van der Waals surface area (Å²) in [5.74, 6) is 0.349. The fraction of sp³-hybridized carbons (Fsp3) is 0.538. The third-order valence-electron chi connectivity index (χ3n) is 2.52. The van der Waals surface area contributed by atoms with E-state index in [0.717, 1.165) is 0 Å². The quantitative estimate of drug-likeness (QED) is 0.786. The molecule has 1 N–H and O–H groups in total. The van der Waals surface area contributed by atoms with Crippen LogP contribution >= 0.6 is 0 Å². The third kappa shape index (κ3) is 4.33. The summed E-state index contributed by atoms with van der Waals surface area (Å²) >= 11 is 0. The molecule has 0 fully saturated rings. The van der Waals surface area contributed by atoms with Crippen LogP contribution in [0, 0.1) is 0 Å². The van der Waals surface area contributed by atoms with Gasteiger partial charge in [0.2, 0.25) is 0 Å². The number of aromatic nitrogens is 1. The number of esters is 1. The Morgan fingerprint density at radius 1 is 1.44 bits per heavy atom. The van der Waals surface area contributed by atoms with E-state index in [1.165, 1.54) is 6.20 Å². The lowest BCUT2D eigenvalue weighted by Gasteiger charge is -2.23. The fourth-order valence-electron chi connectivity index (χ4n) is 1.21. The Morgan fingerprint density at radius 3 is 2.67 bits per heavy atom. The predicted octanol–water partition coefficient (Wildman–Crippen LogP) is 2.10. The molecular weight excluding hydrogens is 232 g/mol. The van der Waals surface area contributed by atoms with Gasteiger partial charge in [-0.2, -0.15) is 0 Å². The first kappa shape index (κ1) is 14.4. The van der Waals surface area contributed by atoms with Crippen molar-refractivity contribution in [2.45, 2.75) is 26.4 Å². The monoisotopic (exact) mass is 252 g/mol. The fourth-order valence-corrected chi connectivity index (χ4v) is 1.21. The molecule has 1 aromatic rings. The van der Waals surface area contributed by atoms with Crippen LogP contribution in [0.3, 0.4) is 0 Å². The van der Waals surface area contributed by atoms with Gasteiger partial charge in [-0.25, -0.2) is 9.78 Å². The molecule has 0 bridgehead atoms. The average Bonchev–Trinajstić information content (AvgIpc) is 2.37. The first-order chi connectivity index (χ1) is 8.48. The maximum absolute atomic E-state index is 11.4. The summed E-state index contributed by atoms with van der Waals surface area (Å²) in [5.41, 5.74) is 0.190. The molecular formula is C13H20N2O3. The Kier molecular flexibility index (Phi) is 5.09. The molecule has 5 nitrogen and oxygen atoms in total. The van der Waals surface area contributed by atoms with Crippen LogP contribution < -0.4 is 5.32 Å². The molecule has 1 aromatic heterocycles. The van der Waals surface area contributed by atoms with Gasteiger partial charge in [0.25, 0.3) is 0 Å². The van der Waals surface area contributed by atoms with E-state index in [1.807, 2.05) is 13.8 Å². The van der Waals surface area contributed by atoms with Crippen LogP contribution in [-0.2, 0) is 9.47 Å². The number of pyridine rings is 1. The number of hydrogen-bond acceptors (Lipinski definition) is 5. The largest absolute Gasteiger partial charge is 0.462 e. The third-order valence-corrected chi connectivity index (χ3v) is 2.52. The molecule has 0 aliphatic rings. The van der Waals surface area contributed by atoms with Gasteiger partial charge in [0, 0.05) is 19.9 Å². The highest BCUT2D eigenvalue weighted by atomic mass is 16.5. The molecule has 0 aliphatic carbocycles. The summed E-state index contributed by atoms with van der Waals surface area (Å²) in [7, 11) is 1.67. The summed E-state index contributed by atoms with van der Waals surface area (Å²) in [4.78, 5) is 15.6. The SMILES string of the molecule is CCOC(=O)c1ccc(NCC(C)(C)OC)nc1. The zero-order chi connectivity index (χ0) is 13.6. The summed E-state index contributed by atoms with van der Waals surface area (Å²) in [6.07, 6.45) is 1.50.